The normalized spacial score (nSPS) is 15.1. The van der Waals surface area contributed by atoms with Gasteiger partial charge in [-0.05, 0) is 48.4 Å². The number of nitrogens with zero attached hydrogens (tertiary/aromatic N) is 1. The highest BCUT2D eigenvalue weighted by Gasteiger charge is 2.22. The molecule has 30 heavy (non-hydrogen) atoms. The van der Waals surface area contributed by atoms with Crippen LogP contribution in [0.25, 0.3) is 0 Å². The lowest BCUT2D eigenvalue weighted by atomic mass is 9.98. The molecule has 3 heteroatoms. The first kappa shape index (κ1) is 20.4. The minimum absolute atomic E-state index is 0.0696. The first-order valence-corrected chi connectivity index (χ1v) is 11.0. The van der Waals surface area contributed by atoms with Gasteiger partial charge in [0.1, 0.15) is 0 Å². The highest BCUT2D eigenvalue weighted by molar-refractivity contribution is 5.95. The molecule has 3 aromatic carbocycles. The molecule has 0 radical (unpaired) electrons. The van der Waals surface area contributed by atoms with Crippen LogP contribution < -0.4 is 5.32 Å². The van der Waals surface area contributed by atoms with E-state index in [0.29, 0.717) is 0 Å². The van der Waals surface area contributed by atoms with Gasteiger partial charge in [0.2, 0.25) is 0 Å². The third-order valence-electron chi connectivity index (χ3n) is 5.96. The number of amides is 1. The molecule has 3 aromatic rings. The Morgan fingerprint density at radius 2 is 1.37 bits per heavy atom. The highest BCUT2D eigenvalue weighted by Crippen LogP contribution is 2.17. The van der Waals surface area contributed by atoms with E-state index in [1.807, 2.05) is 24.3 Å². The maximum atomic E-state index is 13.0. The Hall–Kier alpha value is -2.91. The fourth-order valence-electron chi connectivity index (χ4n) is 4.22. The fourth-order valence-corrected chi connectivity index (χ4v) is 4.22. The van der Waals surface area contributed by atoms with Gasteiger partial charge in [0.15, 0.2) is 0 Å². The summed E-state index contributed by atoms with van der Waals surface area (Å²) >= 11 is 0. The van der Waals surface area contributed by atoms with E-state index in [9.17, 15) is 4.79 Å². The van der Waals surface area contributed by atoms with Crippen molar-refractivity contribution in [3.8, 4) is 0 Å². The van der Waals surface area contributed by atoms with Crippen LogP contribution in [0.1, 0.15) is 39.9 Å². The lowest BCUT2D eigenvalue weighted by Gasteiger charge is -2.32. The quantitative estimate of drug-likeness (QED) is 0.616. The molecular formula is C27H30N2O. The minimum Gasteiger partial charge on any atom is -0.349 e. The summed E-state index contributed by atoms with van der Waals surface area (Å²) < 4.78 is 0. The molecule has 0 saturated carbocycles. The summed E-state index contributed by atoms with van der Waals surface area (Å²) in [5.41, 5.74) is 4.60. The first-order valence-electron chi connectivity index (χ1n) is 11.0. The Balaban J connectivity index is 1.30. The summed E-state index contributed by atoms with van der Waals surface area (Å²) in [6, 6.07) is 29.4. The predicted octanol–water partition coefficient (Wildman–Crippen LogP) is 4.87. The molecule has 0 unspecified atom stereocenters. The van der Waals surface area contributed by atoms with Crippen molar-refractivity contribution < 1.29 is 4.79 Å². The fraction of sp³-hybridized carbons (Fsp3) is 0.296. The van der Waals surface area contributed by atoms with E-state index in [2.05, 4.69) is 70.9 Å². The number of aryl methyl sites for hydroxylation is 2. The van der Waals surface area contributed by atoms with Crippen molar-refractivity contribution in [1.82, 2.24) is 10.2 Å². The average Bonchev–Trinajstić information content (AvgIpc) is 2.80. The van der Waals surface area contributed by atoms with Crippen molar-refractivity contribution in [1.29, 1.82) is 0 Å². The molecule has 0 aromatic heterocycles. The second-order valence-electron chi connectivity index (χ2n) is 8.15. The zero-order valence-electron chi connectivity index (χ0n) is 17.5. The maximum Gasteiger partial charge on any atom is 0.251 e. The maximum absolute atomic E-state index is 13.0. The van der Waals surface area contributed by atoms with Gasteiger partial charge < -0.3 is 5.32 Å². The number of hydrogen-bond acceptors (Lipinski definition) is 2. The van der Waals surface area contributed by atoms with Gasteiger partial charge in [-0.15, -0.1) is 0 Å². The van der Waals surface area contributed by atoms with E-state index < -0.39 is 0 Å². The van der Waals surface area contributed by atoms with Gasteiger partial charge >= 0.3 is 0 Å². The van der Waals surface area contributed by atoms with Gasteiger partial charge in [-0.25, -0.2) is 0 Å². The molecule has 154 valence electrons. The Morgan fingerprint density at radius 1 is 0.767 bits per heavy atom. The monoisotopic (exact) mass is 398 g/mol. The molecule has 1 aliphatic heterocycles. The number of likely N-dealkylation sites (tertiary alicyclic amines) is 1. The Morgan fingerprint density at radius 3 is 2.07 bits per heavy atom. The van der Waals surface area contributed by atoms with Crippen molar-refractivity contribution >= 4 is 5.91 Å². The summed E-state index contributed by atoms with van der Waals surface area (Å²) in [5.74, 6) is 0.0696. The minimum atomic E-state index is 0.0696. The molecule has 1 aliphatic rings. The standard InChI is InChI=1S/C27H30N2O/c30-27(26-14-8-7-13-24(26)16-15-22-9-3-1-4-10-22)28-25-17-19-29(20-18-25)21-23-11-5-2-6-12-23/h1-14,25H,15-21H2,(H,28,30). The van der Waals surface area contributed by atoms with E-state index in [4.69, 9.17) is 0 Å². The molecule has 0 aliphatic carbocycles. The van der Waals surface area contributed by atoms with Crippen molar-refractivity contribution in [3.63, 3.8) is 0 Å². The van der Waals surface area contributed by atoms with Crippen molar-refractivity contribution in [2.75, 3.05) is 13.1 Å². The molecule has 1 heterocycles. The van der Waals surface area contributed by atoms with Gasteiger partial charge in [-0.2, -0.15) is 0 Å². The van der Waals surface area contributed by atoms with Crippen LogP contribution >= 0.6 is 0 Å². The largest absolute Gasteiger partial charge is 0.349 e. The third-order valence-corrected chi connectivity index (χ3v) is 5.96. The van der Waals surface area contributed by atoms with Crippen LogP contribution in [-0.4, -0.2) is 29.9 Å². The van der Waals surface area contributed by atoms with Gasteiger partial charge in [-0.1, -0.05) is 78.9 Å². The van der Waals surface area contributed by atoms with Gasteiger partial charge in [0.05, 0.1) is 0 Å². The number of carbonyl (C=O) groups is 1. The topological polar surface area (TPSA) is 32.3 Å². The predicted molar refractivity (Wildman–Crippen MR) is 122 cm³/mol. The first-order chi connectivity index (χ1) is 14.8. The summed E-state index contributed by atoms with van der Waals surface area (Å²) in [6.45, 7) is 3.04. The Bertz CT molecular complexity index is 931. The van der Waals surface area contributed by atoms with E-state index in [0.717, 1.165) is 56.4 Å². The van der Waals surface area contributed by atoms with Crippen LogP contribution in [-0.2, 0) is 19.4 Å². The van der Waals surface area contributed by atoms with E-state index in [1.165, 1.54) is 11.1 Å². The zero-order chi connectivity index (χ0) is 20.6. The third kappa shape index (κ3) is 5.58. The summed E-state index contributed by atoms with van der Waals surface area (Å²) in [4.78, 5) is 15.5. The van der Waals surface area contributed by atoms with Crippen LogP contribution in [0.3, 0.4) is 0 Å². The van der Waals surface area contributed by atoms with Crippen molar-refractivity contribution in [2.24, 2.45) is 0 Å². The summed E-state index contributed by atoms with van der Waals surface area (Å²) in [6.07, 6.45) is 3.83. The van der Waals surface area contributed by atoms with E-state index >= 15 is 0 Å². The van der Waals surface area contributed by atoms with E-state index in [1.54, 1.807) is 0 Å². The summed E-state index contributed by atoms with van der Waals surface area (Å²) in [7, 11) is 0. The highest BCUT2D eigenvalue weighted by atomic mass is 16.1. The molecule has 1 saturated heterocycles. The second kappa shape index (κ2) is 10.2. The van der Waals surface area contributed by atoms with Crippen LogP contribution in [0.2, 0.25) is 0 Å². The number of piperidine rings is 1. The van der Waals surface area contributed by atoms with Gasteiger partial charge in [0, 0.05) is 31.2 Å². The summed E-state index contributed by atoms with van der Waals surface area (Å²) in [5, 5.41) is 3.29. The molecule has 1 N–H and O–H groups in total. The lowest BCUT2D eigenvalue weighted by Crippen LogP contribution is -2.44. The molecule has 1 amide bonds. The Labute approximate surface area is 179 Å². The SMILES string of the molecule is O=C(NC1CCN(Cc2ccccc2)CC1)c1ccccc1CCc1ccccc1. The van der Waals surface area contributed by atoms with Crippen LogP contribution in [0.15, 0.2) is 84.9 Å². The van der Waals surface area contributed by atoms with Gasteiger partial charge in [0.25, 0.3) is 5.91 Å². The molecule has 1 fully saturated rings. The van der Waals surface area contributed by atoms with Crippen LogP contribution in [0, 0.1) is 0 Å². The van der Waals surface area contributed by atoms with Crippen molar-refractivity contribution in [3.05, 3.63) is 107 Å². The molecule has 0 atom stereocenters. The molecule has 4 rings (SSSR count). The van der Waals surface area contributed by atoms with Crippen molar-refractivity contribution in [2.45, 2.75) is 38.3 Å². The van der Waals surface area contributed by atoms with Crippen LogP contribution in [0.5, 0.6) is 0 Å². The van der Waals surface area contributed by atoms with E-state index in [-0.39, 0.29) is 11.9 Å². The number of benzene rings is 3. The zero-order valence-corrected chi connectivity index (χ0v) is 17.5. The smallest absolute Gasteiger partial charge is 0.251 e. The second-order valence-corrected chi connectivity index (χ2v) is 8.15. The average molecular weight is 399 g/mol. The molecular weight excluding hydrogens is 368 g/mol. The molecule has 0 bridgehead atoms. The number of nitrogens with one attached hydrogen (secondary N) is 1. The number of hydrogen-bond donors (Lipinski definition) is 1. The Kier molecular flexibility index (Phi) is 6.94. The van der Waals surface area contributed by atoms with Gasteiger partial charge in [-0.3, -0.25) is 9.69 Å². The van der Waals surface area contributed by atoms with Crippen LogP contribution in [0.4, 0.5) is 0 Å². The lowest BCUT2D eigenvalue weighted by molar-refractivity contribution is 0.0908. The number of rotatable bonds is 7. The number of carbonyl (C=O) groups excluding carboxylic acids is 1. The molecule has 3 nitrogen and oxygen atoms in total. The molecule has 0 spiro atoms.